The molecule has 0 aromatic carbocycles. The maximum Gasteiger partial charge on any atom is 0.472 e. The Morgan fingerprint density at radius 3 is 0.819 bits per heavy atom. The molecule has 0 aliphatic rings. The Balaban J connectivity index is 5.08. The summed E-state index contributed by atoms with van der Waals surface area (Å²) in [5.74, 6) is -1.42. The lowest BCUT2D eigenvalue weighted by atomic mass is 10.0. The molecule has 0 bridgehead atoms. The molecule has 83 heavy (non-hydrogen) atoms. The van der Waals surface area contributed by atoms with Crippen molar-refractivity contribution in [2.24, 2.45) is 5.92 Å². The minimum absolute atomic E-state index is 0.103. The number of aliphatic hydroxyl groups excluding tert-OH is 1. The summed E-state index contributed by atoms with van der Waals surface area (Å²) >= 11 is 0. The second-order valence-electron chi connectivity index (χ2n) is 23.6. The molecule has 0 heterocycles. The molecule has 19 heteroatoms. The van der Waals surface area contributed by atoms with Crippen LogP contribution in [-0.2, 0) is 65.4 Å². The summed E-state index contributed by atoms with van der Waals surface area (Å²) in [6, 6.07) is 0. The van der Waals surface area contributed by atoms with Gasteiger partial charge in [0, 0.05) is 25.7 Å². The molecule has 5 atom stereocenters. The minimum Gasteiger partial charge on any atom is -0.462 e. The molecule has 0 aromatic rings. The van der Waals surface area contributed by atoms with Crippen LogP contribution >= 0.6 is 15.6 Å². The van der Waals surface area contributed by atoms with Crippen LogP contribution in [0.2, 0.25) is 0 Å². The van der Waals surface area contributed by atoms with E-state index in [-0.39, 0.29) is 25.7 Å². The second-order valence-corrected chi connectivity index (χ2v) is 26.5. The molecule has 3 N–H and O–H groups in total. The molecular formula is C64H124O17P2. The van der Waals surface area contributed by atoms with Gasteiger partial charge in [0.1, 0.15) is 19.3 Å². The van der Waals surface area contributed by atoms with Crippen molar-refractivity contribution in [2.45, 2.75) is 342 Å². The molecule has 0 aromatic heterocycles. The summed E-state index contributed by atoms with van der Waals surface area (Å²) in [5.41, 5.74) is 0. The van der Waals surface area contributed by atoms with Gasteiger partial charge in [0.2, 0.25) is 0 Å². The van der Waals surface area contributed by atoms with Crippen molar-refractivity contribution in [2.75, 3.05) is 39.6 Å². The van der Waals surface area contributed by atoms with E-state index in [4.69, 9.17) is 37.0 Å². The summed E-state index contributed by atoms with van der Waals surface area (Å²) in [6.07, 6.45) is 42.4. The number of hydrogen-bond acceptors (Lipinski definition) is 15. The lowest BCUT2D eigenvalue weighted by Crippen LogP contribution is -2.30. The van der Waals surface area contributed by atoms with E-state index in [2.05, 4.69) is 34.6 Å². The first-order chi connectivity index (χ1) is 40.0. The van der Waals surface area contributed by atoms with Crippen LogP contribution in [0.3, 0.4) is 0 Å². The Hall–Kier alpha value is -1.94. The highest BCUT2D eigenvalue weighted by Crippen LogP contribution is 2.45. The zero-order valence-electron chi connectivity index (χ0n) is 53.3. The number of hydrogen-bond donors (Lipinski definition) is 3. The quantitative estimate of drug-likeness (QED) is 0.0222. The smallest absolute Gasteiger partial charge is 0.462 e. The number of phosphoric acid groups is 2. The third-order valence-corrected chi connectivity index (χ3v) is 16.7. The fourth-order valence-electron chi connectivity index (χ4n) is 9.58. The number of esters is 4. The van der Waals surface area contributed by atoms with Gasteiger partial charge in [-0.2, -0.15) is 0 Å². The Morgan fingerprint density at radius 1 is 0.325 bits per heavy atom. The first-order valence-corrected chi connectivity index (χ1v) is 36.6. The summed E-state index contributed by atoms with van der Waals surface area (Å²) in [4.78, 5) is 71.8. The van der Waals surface area contributed by atoms with Gasteiger partial charge in [-0.15, -0.1) is 0 Å². The van der Waals surface area contributed by atoms with Crippen LogP contribution in [0.25, 0.3) is 0 Å². The monoisotopic (exact) mass is 1230 g/mol. The van der Waals surface area contributed by atoms with E-state index >= 15 is 0 Å². The third kappa shape index (κ3) is 58.8. The standard InChI is InChI=1S/C64H124O17P2/c1-6-9-12-15-17-18-19-20-21-22-23-24-25-26-27-28-29-35-40-45-50-64(69)81-60(54-75-62(67)48-43-38-34-31-30-33-37-41-46-57(4)5)56-79-83(72,73)77-52-58(65)51-76-82(70,71)78-55-59(53-74-61(66)47-42-36-14-11-8-3)80-63(68)49-44-39-32-16-13-10-7-2/h57-60,65H,6-56H2,1-5H3,(H,70,71)(H,72,73)/t58-,59+,60+/m0/s1. The van der Waals surface area contributed by atoms with Crippen LogP contribution in [0, 0.1) is 5.92 Å². The van der Waals surface area contributed by atoms with Crippen LogP contribution < -0.4 is 0 Å². The summed E-state index contributed by atoms with van der Waals surface area (Å²) in [5, 5.41) is 10.5. The number of unbranched alkanes of at least 4 members (excludes halogenated alkanes) is 36. The molecule has 0 spiro atoms. The van der Waals surface area contributed by atoms with Crippen LogP contribution in [0.5, 0.6) is 0 Å². The number of carbonyl (C=O) groups excluding carboxylic acids is 4. The Kier molecular flexibility index (Phi) is 56.4. The van der Waals surface area contributed by atoms with E-state index in [1.165, 1.54) is 128 Å². The predicted molar refractivity (Wildman–Crippen MR) is 331 cm³/mol. The molecular weight excluding hydrogens is 1100 g/mol. The van der Waals surface area contributed by atoms with Crippen LogP contribution in [0.4, 0.5) is 0 Å². The van der Waals surface area contributed by atoms with Gasteiger partial charge in [-0.1, -0.05) is 272 Å². The molecule has 492 valence electrons. The molecule has 0 radical (unpaired) electrons. The molecule has 0 fully saturated rings. The second kappa shape index (κ2) is 57.8. The van der Waals surface area contributed by atoms with Crippen molar-refractivity contribution in [1.82, 2.24) is 0 Å². The summed E-state index contributed by atoms with van der Waals surface area (Å²) < 4.78 is 67.7. The number of carbonyl (C=O) groups is 4. The first kappa shape index (κ1) is 81.1. The zero-order chi connectivity index (χ0) is 61.3. The summed E-state index contributed by atoms with van der Waals surface area (Å²) in [7, 11) is -9.87. The SMILES string of the molecule is CCCCCCCCCCCCCCCCCCCCCCC(=O)O[C@H](COC(=O)CCCCCCCCCCC(C)C)COP(=O)(O)OC[C@@H](O)COP(=O)(O)OC[C@@H](COC(=O)CCCCCCC)OC(=O)CCCCCCCCC. The highest BCUT2D eigenvalue weighted by molar-refractivity contribution is 7.47. The van der Waals surface area contributed by atoms with Crippen molar-refractivity contribution in [3.05, 3.63) is 0 Å². The summed E-state index contributed by atoms with van der Waals surface area (Å²) in [6.45, 7) is 7.02. The maximum atomic E-state index is 13.0. The van der Waals surface area contributed by atoms with Gasteiger partial charge in [-0.25, -0.2) is 9.13 Å². The fourth-order valence-corrected chi connectivity index (χ4v) is 11.2. The normalized spacial score (nSPS) is 14.2. The van der Waals surface area contributed by atoms with Crippen LogP contribution in [0.1, 0.15) is 324 Å². The first-order valence-electron chi connectivity index (χ1n) is 33.6. The van der Waals surface area contributed by atoms with Crippen LogP contribution in [-0.4, -0.2) is 96.7 Å². The van der Waals surface area contributed by atoms with Crippen molar-refractivity contribution >= 4 is 39.5 Å². The van der Waals surface area contributed by atoms with Gasteiger partial charge < -0.3 is 33.8 Å². The van der Waals surface area contributed by atoms with E-state index < -0.39 is 97.5 Å². The molecule has 0 saturated carbocycles. The van der Waals surface area contributed by atoms with Gasteiger partial charge in [0.25, 0.3) is 0 Å². The van der Waals surface area contributed by atoms with Gasteiger partial charge in [0.15, 0.2) is 12.2 Å². The molecule has 0 rings (SSSR count). The Morgan fingerprint density at radius 2 is 0.554 bits per heavy atom. The van der Waals surface area contributed by atoms with E-state index in [1.807, 2.05) is 0 Å². The zero-order valence-corrected chi connectivity index (χ0v) is 55.1. The van der Waals surface area contributed by atoms with E-state index in [1.54, 1.807) is 0 Å². The Bertz CT molecular complexity index is 1620. The maximum absolute atomic E-state index is 13.0. The lowest BCUT2D eigenvalue weighted by molar-refractivity contribution is -0.161. The van der Waals surface area contributed by atoms with Crippen molar-refractivity contribution in [1.29, 1.82) is 0 Å². The van der Waals surface area contributed by atoms with Gasteiger partial charge in [0.05, 0.1) is 26.4 Å². The van der Waals surface area contributed by atoms with Crippen LogP contribution in [0.15, 0.2) is 0 Å². The topological polar surface area (TPSA) is 237 Å². The largest absolute Gasteiger partial charge is 0.472 e. The third-order valence-electron chi connectivity index (χ3n) is 14.8. The van der Waals surface area contributed by atoms with E-state index in [9.17, 15) is 43.2 Å². The lowest BCUT2D eigenvalue weighted by Gasteiger charge is -2.21. The van der Waals surface area contributed by atoms with Gasteiger partial charge in [-0.3, -0.25) is 37.3 Å². The van der Waals surface area contributed by atoms with Crippen molar-refractivity contribution < 1.29 is 80.2 Å². The van der Waals surface area contributed by atoms with Crippen molar-refractivity contribution in [3.8, 4) is 0 Å². The van der Waals surface area contributed by atoms with Gasteiger partial charge >= 0.3 is 39.5 Å². The average Bonchev–Trinajstić information content (AvgIpc) is 3.49. The highest BCUT2D eigenvalue weighted by atomic mass is 31.2. The predicted octanol–water partition coefficient (Wildman–Crippen LogP) is 17.8. The molecule has 0 aliphatic heterocycles. The molecule has 17 nitrogen and oxygen atoms in total. The fraction of sp³-hybridized carbons (Fsp3) is 0.938. The van der Waals surface area contributed by atoms with E-state index in [0.717, 1.165) is 115 Å². The minimum atomic E-state index is -4.94. The van der Waals surface area contributed by atoms with Gasteiger partial charge in [-0.05, 0) is 31.6 Å². The molecule has 2 unspecified atom stereocenters. The molecule has 0 aliphatic carbocycles. The Labute approximate surface area is 505 Å². The molecule has 0 amide bonds. The van der Waals surface area contributed by atoms with Crippen molar-refractivity contribution in [3.63, 3.8) is 0 Å². The number of ether oxygens (including phenoxy) is 4. The number of rotatable bonds is 64. The average molecular weight is 1230 g/mol. The number of phosphoric ester groups is 2. The highest BCUT2D eigenvalue weighted by Gasteiger charge is 2.30. The van der Waals surface area contributed by atoms with E-state index in [0.29, 0.717) is 25.7 Å². The molecule has 0 saturated heterocycles. The number of aliphatic hydroxyl groups is 1.